The minimum absolute atomic E-state index is 0. The zero-order valence-electron chi connectivity index (χ0n) is 8.32. The van der Waals surface area contributed by atoms with Gasteiger partial charge in [0, 0.05) is 5.92 Å². The first kappa shape index (κ1) is 11.5. The maximum absolute atomic E-state index is 5.16. The Balaban J connectivity index is 0.000000980. The molecule has 1 aliphatic carbocycles. The predicted octanol–water partition coefficient (Wildman–Crippen LogP) is 1.87. The molecule has 1 saturated carbocycles. The maximum Gasteiger partial charge on any atom is 0.229 e. The predicted molar refractivity (Wildman–Crippen MR) is 55.5 cm³/mol. The minimum atomic E-state index is 0. The van der Waals surface area contributed by atoms with Crippen LogP contribution in [-0.4, -0.2) is 16.7 Å². The number of nitrogens with one attached hydrogen (secondary N) is 1. The van der Waals surface area contributed by atoms with Crippen LogP contribution in [0.15, 0.2) is 4.52 Å². The summed E-state index contributed by atoms with van der Waals surface area (Å²) >= 11 is 0. The molecule has 1 aliphatic rings. The summed E-state index contributed by atoms with van der Waals surface area (Å²) in [5.41, 5.74) is 0. The highest BCUT2D eigenvalue weighted by molar-refractivity contribution is 5.85. The molecule has 0 saturated heterocycles. The van der Waals surface area contributed by atoms with Gasteiger partial charge in [-0.15, -0.1) is 12.4 Å². The maximum atomic E-state index is 5.16. The van der Waals surface area contributed by atoms with E-state index in [0.29, 0.717) is 12.5 Å². The molecule has 0 atom stereocenters. The summed E-state index contributed by atoms with van der Waals surface area (Å²) in [6.45, 7) is 3.72. The van der Waals surface area contributed by atoms with Crippen molar-refractivity contribution in [2.45, 2.75) is 38.6 Å². The molecule has 1 fully saturated rings. The van der Waals surface area contributed by atoms with E-state index in [4.69, 9.17) is 4.52 Å². The van der Waals surface area contributed by atoms with E-state index < -0.39 is 0 Å². The van der Waals surface area contributed by atoms with Crippen LogP contribution in [0.5, 0.6) is 0 Å². The quantitative estimate of drug-likeness (QED) is 0.837. The molecule has 5 heteroatoms. The number of hydrogen-bond donors (Lipinski definition) is 1. The summed E-state index contributed by atoms with van der Waals surface area (Å²) in [6, 6.07) is 0. The number of nitrogens with zero attached hydrogens (tertiary/aromatic N) is 2. The Bertz CT molecular complexity index is 273. The first-order valence-corrected chi connectivity index (χ1v) is 4.93. The Morgan fingerprint density at radius 3 is 2.86 bits per heavy atom. The summed E-state index contributed by atoms with van der Waals surface area (Å²) in [4.78, 5) is 4.33. The van der Waals surface area contributed by atoms with E-state index in [1.54, 1.807) is 0 Å². The smallest absolute Gasteiger partial charge is 0.229 e. The highest BCUT2D eigenvalue weighted by atomic mass is 35.5. The van der Waals surface area contributed by atoms with E-state index in [1.807, 2.05) is 0 Å². The van der Waals surface area contributed by atoms with Crippen molar-refractivity contribution >= 4 is 12.4 Å². The molecule has 0 aliphatic heterocycles. The summed E-state index contributed by atoms with van der Waals surface area (Å²) in [5.74, 6) is 2.16. The molecule has 1 aromatic rings. The zero-order valence-corrected chi connectivity index (χ0v) is 9.14. The number of aromatic nitrogens is 2. The minimum Gasteiger partial charge on any atom is -0.339 e. The second-order valence-electron chi connectivity index (χ2n) is 3.46. The number of halogens is 1. The lowest BCUT2D eigenvalue weighted by Crippen LogP contribution is -2.13. The summed E-state index contributed by atoms with van der Waals surface area (Å²) in [6.07, 6.45) is 3.72. The zero-order chi connectivity index (χ0) is 9.10. The number of rotatable bonds is 4. The van der Waals surface area contributed by atoms with Crippen molar-refractivity contribution < 1.29 is 4.52 Å². The van der Waals surface area contributed by atoms with Crippen LogP contribution in [-0.2, 0) is 6.54 Å². The van der Waals surface area contributed by atoms with Gasteiger partial charge in [-0.1, -0.05) is 18.5 Å². The van der Waals surface area contributed by atoms with Gasteiger partial charge in [-0.2, -0.15) is 4.98 Å². The van der Waals surface area contributed by atoms with Gasteiger partial charge in [-0.25, -0.2) is 0 Å². The topological polar surface area (TPSA) is 51.0 Å². The SMILES string of the molecule is CCNCc1noc(C2CCC2)n1.Cl. The summed E-state index contributed by atoms with van der Waals surface area (Å²) < 4.78 is 5.16. The lowest BCUT2D eigenvalue weighted by Gasteiger charge is -2.20. The summed E-state index contributed by atoms with van der Waals surface area (Å²) in [7, 11) is 0. The highest BCUT2D eigenvalue weighted by Crippen LogP contribution is 2.34. The molecule has 0 radical (unpaired) electrons. The standard InChI is InChI=1S/C9H15N3O.ClH/c1-2-10-6-8-11-9(13-12-8)7-4-3-5-7;/h7,10H,2-6H2,1H3;1H. The van der Waals surface area contributed by atoms with Gasteiger partial charge in [0.15, 0.2) is 5.82 Å². The van der Waals surface area contributed by atoms with Gasteiger partial charge >= 0.3 is 0 Å². The van der Waals surface area contributed by atoms with E-state index in [2.05, 4.69) is 22.4 Å². The molecule has 2 rings (SSSR count). The van der Waals surface area contributed by atoms with Crippen LogP contribution >= 0.6 is 12.4 Å². The summed E-state index contributed by atoms with van der Waals surface area (Å²) in [5, 5.41) is 7.08. The molecule has 1 aromatic heterocycles. The first-order chi connectivity index (χ1) is 6.40. The van der Waals surface area contributed by atoms with Gasteiger partial charge in [0.25, 0.3) is 0 Å². The molecule has 0 bridgehead atoms. The first-order valence-electron chi connectivity index (χ1n) is 4.93. The van der Waals surface area contributed by atoms with Gasteiger partial charge in [0.05, 0.1) is 6.54 Å². The van der Waals surface area contributed by atoms with E-state index in [-0.39, 0.29) is 12.4 Å². The van der Waals surface area contributed by atoms with Gasteiger partial charge in [-0.3, -0.25) is 0 Å². The van der Waals surface area contributed by atoms with Crippen molar-refractivity contribution in [1.82, 2.24) is 15.5 Å². The van der Waals surface area contributed by atoms with Crippen LogP contribution in [0.1, 0.15) is 43.8 Å². The van der Waals surface area contributed by atoms with Crippen molar-refractivity contribution in [1.29, 1.82) is 0 Å². The molecule has 4 nitrogen and oxygen atoms in total. The second kappa shape index (κ2) is 5.32. The van der Waals surface area contributed by atoms with E-state index in [0.717, 1.165) is 18.3 Å². The third-order valence-electron chi connectivity index (χ3n) is 2.47. The average Bonchev–Trinajstić information content (AvgIpc) is 2.46. The molecule has 1 N–H and O–H groups in total. The molecule has 0 aromatic carbocycles. The molecular weight excluding hydrogens is 202 g/mol. The van der Waals surface area contributed by atoms with Gasteiger partial charge in [-0.05, 0) is 19.4 Å². The normalized spacial score (nSPS) is 16.1. The molecule has 0 amide bonds. The molecule has 0 spiro atoms. The fraction of sp³-hybridized carbons (Fsp3) is 0.778. The Morgan fingerprint density at radius 2 is 2.29 bits per heavy atom. The van der Waals surface area contributed by atoms with Gasteiger partial charge in [0.1, 0.15) is 0 Å². The molecule has 80 valence electrons. The molecular formula is C9H16ClN3O. The second-order valence-corrected chi connectivity index (χ2v) is 3.46. The third kappa shape index (κ3) is 2.45. The van der Waals surface area contributed by atoms with Crippen molar-refractivity contribution in [3.8, 4) is 0 Å². The van der Waals surface area contributed by atoms with Crippen LogP contribution < -0.4 is 5.32 Å². The Kier molecular flexibility index (Phi) is 4.35. The molecule has 1 heterocycles. The van der Waals surface area contributed by atoms with E-state index >= 15 is 0 Å². The Morgan fingerprint density at radius 1 is 1.50 bits per heavy atom. The van der Waals surface area contributed by atoms with Gasteiger partial charge < -0.3 is 9.84 Å². The fourth-order valence-electron chi connectivity index (χ4n) is 1.40. The van der Waals surface area contributed by atoms with Crippen molar-refractivity contribution in [3.63, 3.8) is 0 Å². The third-order valence-corrected chi connectivity index (χ3v) is 2.47. The van der Waals surface area contributed by atoms with Gasteiger partial charge in [0.2, 0.25) is 5.89 Å². The van der Waals surface area contributed by atoms with Crippen LogP contribution in [0.25, 0.3) is 0 Å². The van der Waals surface area contributed by atoms with Crippen molar-refractivity contribution in [2.75, 3.05) is 6.54 Å². The lowest BCUT2D eigenvalue weighted by molar-refractivity contribution is 0.291. The largest absolute Gasteiger partial charge is 0.339 e. The van der Waals surface area contributed by atoms with E-state index in [9.17, 15) is 0 Å². The Labute approximate surface area is 89.9 Å². The van der Waals surface area contributed by atoms with E-state index in [1.165, 1.54) is 19.3 Å². The average molecular weight is 218 g/mol. The van der Waals surface area contributed by atoms with Crippen molar-refractivity contribution in [2.24, 2.45) is 0 Å². The fourth-order valence-corrected chi connectivity index (χ4v) is 1.40. The number of hydrogen-bond acceptors (Lipinski definition) is 4. The van der Waals surface area contributed by atoms with Crippen molar-refractivity contribution in [3.05, 3.63) is 11.7 Å². The Hall–Kier alpha value is -0.610. The monoisotopic (exact) mass is 217 g/mol. The molecule has 0 unspecified atom stereocenters. The van der Waals surface area contributed by atoms with Crippen LogP contribution in [0, 0.1) is 0 Å². The van der Waals surface area contributed by atoms with Crippen LogP contribution in [0.4, 0.5) is 0 Å². The van der Waals surface area contributed by atoms with Crippen LogP contribution in [0.2, 0.25) is 0 Å². The van der Waals surface area contributed by atoms with Crippen LogP contribution in [0.3, 0.4) is 0 Å². The molecule has 14 heavy (non-hydrogen) atoms. The lowest BCUT2D eigenvalue weighted by atomic mass is 9.85. The highest BCUT2D eigenvalue weighted by Gasteiger charge is 2.25.